The van der Waals surface area contributed by atoms with Crippen molar-refractivity contribution < 1.29 is 22.4 Å². The minimum absolute atomic E-state index is 0.0767. The fourth-order valence-electron chi connectivity index (χ4n) is 3.24. The molecule has 0 bridgehead atoms. The molecule has 1 heterocycles. The largest absolute Gasteiger partial charge is 0.416 e. The van der Waals surface area contributed by atoms with E-state index in [2.05, 4.69) is 17.4 Å². The molecule has 1 aliphatic heterocycles. The first-order valence-electron chi connectivity index (χ1n) is 8.95. The molecule has 0 saturated carbocycles. The number of likely N-dealkylation sites (tertiary alicyclic amines) is 1. The second-order valence-corrected chi connectivity index (χ2v) is 7.51. The number of halogens is 4. The molecule has 8 heteroatoms. The molecule has 29 heavy (non-hydrogen) atoms. The number of hydrogen-bond donors (Lipinski definition) is 1. The van der Waals surface area contributed by atoms with Crippen LogP contribution in [0.25, 0.3) is 0 Å². The second kappa shape index (κ2) is 7.99. The van der Waals surface area contributed by atoms with E-state index in [4.69, 9.17) is 12.2 Å². The molecule has 2 aromatic carbocycles. The number of hydrogen-bond acceptors (Lipinski definition) is 2. The van der Waals surface area contributed by atoms with Crippen molar-refractivity contribution in [3.8, 4) is 0 Å². The predicted molar refractivity (Wildman–Crippen MR) is 104 cm³/mol. The Hall–Kier alpha value is -2.66. The summed E-state index contributed by atoms with van der Waals surface area (Å²) >= 11 is 5.51. The summed E-state index contributed by atoms with van der Waals surface area (Å²) in [5.74, 6) is -1.00. The first kappa shape index (κ1) is 21.1. The van der Waals surface area contributed by atoms with Crippen molar-refractivity contribution in [2.75, 3.05) is 13.1 Å². The average molecular weight is 422 g/mol. The number of carbonyl (C=O) groups excluding carboxylic acids is 1. The zero-order valence-corrected chi connectivity index (χ0v) is 16.4. The van der Waals surface area contributed by atoms with E-state index in [-0.39, 0.29) is 11.4 Å². The van der Waals surface area contributed by atoms with Crippen molar-refractivity contribution >= 4 is 23.1 Å². The highest BCUT2D eigenvalue weighted by Crippen LogP contribution is 2.30. The second-order valence-electron chi connectivity index (χ2n) is 7.13. The summed E-state index contributed by atoms with van der Waals surface area (Å²) in [5, 5.41) is 2.77. The van der Waals surface area contributed by atoms with Crippen molar-refractivity contribution in [1.82, 2.24) is 10.2 Å². The van der Waals surface area contributed by atoms with Crippen LogP contribution in [0.4, 0.5) is 17.6 Å². The molecule has 1 amide bonds. The van der Waals surface area contributed by atoms with E-state index in [0.717, 1.165) is 12.1 Å². The van der Waals surface area contributed by atoms with Crippen LogP contribution in [0.2, 0.25) is 0 Å². The van der Waals surface area contributed by atoms with Crippen LogP contribution in [-0.4, -0.2) is 34.4 Å². The molecule has 0 spiro atoms. The Morgan fingerprint density at radius 3 is 2.79 bits per heavy atom. The molecular weight excluding hydrogens is 404 g/mol. The Labute approximate surface area is 171 Å². The summed E-state index contributed by atoms with van der Waals surface area (Å²) in [5.41, 5.74) is -1.14. The van der Waals surface area contributed by atoms with Crippen LogP contribution in [0.15, 0.2) is 36.4 Å². The molecule has 0 aliphatic carbocycles. The van der Waals surface area contributed by atoms with Crippen molar-refractivity contribution in [3.05, 3.63) is 71.0 Å². The number of nitrogens with zero attached hydrogens (tertiary/aromatic N) is 1. The molecule has 1 unspecified atom stereocenters. The van der Waals surface area contributed by atoms with Crippen LogP contribution < -0.4 is 5.32 Å². The van der Waals surface area contributed by atoms with Gasteiger partial charge in [-0.3, -0.25) is 4.79 Å². The fraction of sp³-hybridized carbons (Fsp3) is 0.333. The minimum atomic E-state index is -4.52. The summed E-state index contributed by atoms with van der Waals surface area (Å²) in [6.45, 7) is 2.85. The summed E-state index contributed by atoms with van der Waals surface area (Å²) in [7, 11) is 0. The van der Waals surface area contributed by atoms with Gasteiger partial charge in [-0.25, -0.2) is 4.39 Å². The van der Waals surface area contributed by atoms with Gasteiger partial charge in [0, 0.05) is 30.3 Å². The van der Waals surface area contributed by atoms with Gasteiger partial charge in [-0.05, 0) is 44.0 Å². The van der Waals surface area contributed by atoms with Gasteiger partial charge in [0.1, 0.15) is 10.8 Å². The maximum atomic E-state index is 13.3. The van der Waals surface area contributed by atoms with E-state index in [1.54, 1.807) is 6.92 Å². The zero-order chi connectivity index (χ0) is 21.2. The van der Waals surface area contributed by atoms with Gasteiger partial charge in [0.05, 0.1) is 11.1 Å². The average Bonchev–Trinajstić information content (AvgIpc) is 2.94. The van der Waals surface area contributed by atoms with Crippen molar-refractivity contribution in [3.63, 3.8) is 0 Å². The van der Waals surface area contributed by atoms with Crippen LogP contribution in [0.1, 0.15) is 34.8 Å². The van der Waals surface area contributed by atoms with E-state index >= 15 is 0 Å². The zero-order valence-electron chi connectivity index (χ0n) is 15.6. The van der Waals surface area contributed by atoms with Crippen LogP contribution in [0.5, 0.6) is 0 Å². The van der Waals surface area contributed by atoms with E-state index < -0.39 is 23.2 Å². The highest BCUT2D eigenvalue weighted by Gasteiger charge is 2.40. The van der Waals surface area contributed by atoms with E-state index in [1.807, 2.05) is 4.90 Å². The molecule has 0 radical (unpaired) electrons. The lowest BCUT2D eigenvalue weighted by molar-refractivity contribution is -0.137. The Balaban J connectivity index is 1.65. The first-order chi connectivity index (χ1) is 13.6. The van der Waals surface area contributed by atoms with Crippen molar-refractivity contribution in [1.29, 1.82) is 0 Å². The molecule has 1 fully saturated rings. The molecule has 3 nitrogen and oxygen atoms in total. The maximum Gasteiger partial charge on any atom is 0.416 e. The molecule has 3 rings (SSSR count). The summed E-state index contributed by atoms with van der Waals surface area (Å²) in [6.07, 6.45) is -3.49. The molecule has 1 atom stereocenters. The van der Waals surface area contributed by atoms with Gasteiger partial charge in [-0.2, -0.15) is 13.2 Å². The number of alkyl halides is 3. The molecule has 1 N–H and O–H groups in total. The SMILES string of the molecule is CC1(NC(=O)c2cccc(C(F)(F)F)c2)CCN(CCc2c#ccc(F)c2)C1=S. The fourth-order valence-corrected chi connectivity index (χ4v) is 3.57. The van der Waals surface area contributed by atoms with Crippen LogP contribution in [-0.2, 0) is 12.6 Å². The Morgan fingerprint density at radius 1 is 1.34 bits per heavy atom. The van der Waals surface area contributed by atoms with Crippen molar-refractivity contribution in [2.24, 2.45) is 0 Å². The normalized spacial score (nSPS) is 19.2. The summed E-state index contributed by atoms with van der Waals surface area (Å²) in [4.78, 5) is 14.9. The Kier molecular flexibility index (Phi) is 5.80. The number of carbonyl (C=O) groups is 1. The predicted octanol–water partition coefficient (Wildman–Crippen LogP) is 4.21. The topological polar surface area (TPSA) is 32.3 Å². The van der Waals surface area contributed by atoms with Gasteiger partial charge in [0.2, 0.25) is 0 Å². The lowest BCUT2D eigenvalue weighted by atomic mass is 10.00. The molecule has 2 aromatic rings. The van der Waals surface area contributed by atoms with Gasteiger partial charge < -0.3 is 10.2 Å². The Bertz CT molecular complexity index is 931. The monoisotopic (exact) mass is 422 g/mol. The highest BCUT2D eigenvalue weighted by atomic mass is 32.1. The lowest BCUT2D eigenvalue weighted by Crippen LogP contribution is -2.51. The smallest absolute Gasteiger partial charge is 0.364 e. The molecule has 0 aromatic heterocycles. The van der Waals surface area contributed by atoms with E-state index in [0.29, 0.717) is 36.5 Å². The van der Waals surface area contributed by atoms with Gasteiger partial charge in [0.15, 0.2) is 0 Å². The van der Waals surface area contributed by atoms with Crippen LogP contribution in [0.3, 0.4) is 0 Å². The number of benzene rings is 1. The number of thiocarbonyl (C=S) groups is 1. The van der Waals surface area contributed by atoms with Gasteiger partial charge in [-0.15, -0.1) is 0 Å². The van der Waals surface area contributed by atoms with Crippen LogP contribution in [0, 0.1) is 17.9 Å². The Morgan fingerprint density at radius 2 is 2.10 bits per heavy atom. The number of rotatable bonds is 5. The molecule has 152 valence electrons. The van der Waals surface area contributed by atoms with Gasteiger partial charge >= 0.3 is 6.18 Å². The van der Waals surface area contributed by atoms with Crippen LogP contribution >= 0.6 is 12.2 Å². The lowest BCUT2D eigenvalue weighted by Gasteiger charge is -2.28. The maximum absolute atomic E-state index is 13.3. The first-order valence-corrected chi connectivity index (χ1v) is 9.36. The molecular formula is C21H18F4N2OS. The molecule has 1 aliphatic rings. The van der Waals surface area contributed by atoms with Gasteiger partial charge in [-0.1, -0.05) is 30.4 Å². The van der Waals surface area contributed by atoms with E-state index in [9.17, 15) is 22.4 Å². The van der Waals surface area contributed by atoms with Gasteiger partial charge in [0.25, 0.3) is 5.91 Å². The number of nitrogens with one attached hydrogen (secondary N) is 1. The summed E-state index contributed by atoms with van der Waals surface area (Å²) in [6, 6.07) is 12.3. The third-order valence-electron chi connectivity index (χ3n) is 4.89. The quantitative estimate of drug-likeness (QED) is 0.579. The number of amides is 1. The highest BCUT2D eigenvalue weighted by molar-refractivity contribution is 7.80. The summed E-state index contributed by atoms with van der Waals surface area (Å²) < 4.78 is 51.9. The van der Waals surface area contributed by atoms with Crippen molar-refractivity contribution in [2.45, 2.75) is 31.5 Å². The third-order valence-corrected chi connectivity index (χ3v) is 5.60. The van der Waals surface area contributed by atoms with E-state index in [1.165, 1.54) is 24.3 Å². The standard InChI is InChI=1S/C21H18F4N2OS/c1-20(26-18(28)15-5-3-6-16(13-15)21(23,24)25)9-11-27(19(20)29)10-8-14-4-2-7-17(22)12-14/h3,5-7,12-13H,8-11H2,1H3,(H,26,28). The minimum Gasteiger partial charge on any atom is -0.364 e. The molecule has 1 saturated heterocycles. The third kappa shape index (κ3) is 4.85.